The van der Waals surface area contributed by atoms with Gasteiger partial charge in [0.25, 0.3) is 0 Å². The van der Waals surface area contributed by atoms with Gasteiger partial charge in [-0.2, -0.15) is 0 Å². The third kappa shape index (κ3) is 4.48. The van der Waals surface area contributed by atoms with Gasteiger partial charge in [-0.15, -0.1) is 0 Å². The van der Waals surface area contributed by atoms with Gasteiger partial charge < -0.3 is 0 Å². The maximum atomic E-state index is 14.1. The van der Waals surface area contributed by atoms with Gasteiger partial charge in [-0.3, -0.25) is 0 Å². The summed E-state index contributed by atoms with van der Waals surface area (Å²) in [4.78, 5) is -0.455. The number of hydrogen-bond acceptors (Lipinski definition) is 7. The summed E-state index contributed by atoms with van der Waals surface area (Å²) in [6.07, 6.45) is -6.40. The molecule has 0 amide bonds. The minimum atomic E-state index is -1.76. The Morgan fingerprint density at radius 2 is 2.00 bits per heavy atom. The molecule has 27 heavy (non-hydrogen) atoms. The van der Waals surface area contributed by atoms with E-state index in [0.717, 1.165) is 0 Å². The molecular weight excluding hydrogens is 450 g/mol. The fourth-order valence-electron chi connectivity index (χ4n) is 3.39. The number of aliphatic hydroxyl groups excluding tert-OH is 5. The number of benzene rings is 1. The van der Waals surface area contributed by atoms with E-state index in [0.29, 0.717) is 5.32 Å². The van der Waals surface area contributed by atoms with Gasteiger partial charge in [-0.25, -0.2) is 0 Å². The van der Waals surface area contributed by atoms with Gasteiger partial charge in [-0.05, 0) is 0 Å². The van der Waals surface area contributed by atoms with Crippen LogP contribution < -0.4 is 0 Å². The Labute approximate surface area is 165 Å². The fraction of sp³-hybridized carbons (Fsp3) is 0.647. The number of aliphatic hydroxyl groups is 5. The molecule has 2 unspecified atom stereocenters. The monoisotopic (exact) mass is 473 g/mol. The molecule has 0 radical (unpaired) electrons. The second-order valence-electron chi connectivity index (χ2n) is 6.69. The van der Waals surface area contributed by atoms with Gasteiger partial charge in [0.1, 0.15) is 0 Å². The molecule has 7 nitrogen and oxygen atoms in total. The van der Waals surface area contributed by atoms with Gasteiger partial charge in [0, 0.05) is 0 Å². The van der Waals surface area contributed by atoms with Crippen LogP contribution in [0.4, 0.5) is 4.39 Å². The van der Waals surface area contributed by atoms with Crippen molar-refractivity contribution in [3.05, 3.63) is 34.6 Å². The van der Waals surface area contributed by atoms with Crippen molar-refractivity contribution in [2.45, 2.75) is 52.3 Å². The van der Waals surface area contributed by atoms with Crippen LogP contribution in [0, 0.1) is 5.82 Å². The van der Waals surface area contributed by atoms with E-state index in [2.05, 4.69) is 0 Å². The average Bonchev–Trinajstić information content (AvgIpc) is 2.89. The molecule has 1 aromatic carbocycles. The fourth-order valence-corrected chi connectivity index (χ4v) is 9.27. The Morgan fingerprint density at radius 1 is 1.26 bits per heavy atom. The van der Waals surface area contributed by atoms with Gasteiger partial charge in [0.05, 0.1) is 0 Å². The first-order valence-corrected chi connectivity index (χ1v) is 12.3. The molecule has 10 heteroatoms. The molecule has 8 atom stereocenters. The molecule has 2 heterocycles. The predicted octanol–water partition coefficient (Wildman–Crippen LogP) is 0.208. The summed E-state index contributed by atoms with van der Waals surface area (Å²) in [5.74, 6) is -0.618. The third-order valence-electron chi connectivity index (χ3n) is 4.85. The van der Waals surface area contributed by atoms with Crippen molar-refractivity contribution < 1.29 is 39.4 Å². The molecule has 3 rings (SSSR count). The number of hydrogen-bond donors (Lipinski definition) is 5. The average molecular weight is 473 g/mol. The SMILES string of the molecule is OC[C@@H]1[C@@H](O)[C@H](O)C[Se+]1C[C@@H](O)[C@H]1OC(c2c(F)cccc2Cl)OC[C@H]1O. The summed E-state index contributed by atoms with van der Waals surface area (Å²) in [6, 6.07) is 4.15. The summed E-state index contributed by atoms with van der Waals surface area (Å²) < 4.78 is 25.1. The van der Waals surface area contributed by atoms with Crippen LogP contribution in [0.3, 0.4) is 0 Å². The zero-order valence-corrected chi connectivity index (χ0v) is 16.8. The summed E-state index contributed by atoms with van der Waals surface area (Å²) >= 11 is 4.27. The van der Waals surface area contributed by atoms with Crippen molar-refractivity contribution in [2.75, 3.05) is 13.2 Å². The van der Waals surface area contributed by atoms with Crippen molar-refractivity contribution in [2.24, 2.45) is 0 Å². The quantitative estimate of drug-likeness (QED) is 0.389. The summed E-state index contributed by atoms with van der Waals surface area (Å²) in [7, 11) is 0. The molecule has 2 fully saturated rings. The Balaban J connectivity index is 1.71. The molecule has 2 aliphatic rings. The standard InChI is InChI=1S/C17H23ClFO7Se/c18-8-2-1-3-9(19)14(8)17-25-5-10(21)16(26-17)12(23)7-27-6-11(22)15(24)13(27)4-20/h1-3,10-13,15-17,20-24H,4-7H2/q+1/t10-,11-,12-,13-,15+,16+,17?,27?/m1/s1. The van der Waals surface area contributed by atoms with Crippen molar-refractivity contribution in [3.63, 3.8) is 0 Å². The van der Waals surface area contributed by atoms with E-state index in [-0.39, 0.29) is 29.1 Å². The molecule has 0 spiro atoms. The van der Waals surface area contributed by atoms with E-state index in [9.17, 15) is 29.9 Å². The summed E-state index contributed by atoms with van der Waals surface area (Å²) in [6.45, 7) is -0.448. The summed E-state index contributed by atoms with van der Waals surface area (Å²) in [5, 5.41) is 50.7. The number of halogens is 2. The molecule has 0 saturated carbocycles. The molecule has 2 aliphatic heterocycles. The van der Waals surface area contributed by atoms with Crippen molar-refractivity contribution in [3.8, 4) is 0 Å². The molecule has 5 N–H and O–H groups in total. The topological polar surface area (TPSA) is 120 Å². The van der Waals surface area contributed by atoms with E-state index in [4.69, 9.17) is 21.1 Å². The van der Waals surface area contributed by atoms with Crippen LogP contribution in [0.5, 0.6) is 0 Å². The molecule has 0 aromatic heterocycles. The van der Waals surface area contributed by atoms with Crippen molar-refractivity contribution in [1.82, 2.24) is 0 Å². The normalized spacial score (nSPS) is 38.1. The Kier molecular flexibility index (Phi) is 7.13. The van der Waals surface area contributed by atoms with E-state index < -0.39 is 61.3 Å². The summed E-state index contributed by atoms with van der Waals surface area (Å²) in [5.41, 5.74) is -0.000711. The third-order valence-corrected chi connectivity index (χ3v) is 11.1. The molecular formula is C17H23ClFO7Se+. The predicted molar refractivity (Wildman–Crippen MR) is 95.2 cm³/mol. The van der Waals surface area contributed by atoms with Gasteiger partial charge in [0.15, 0.2) is 0 Å². The van der Waals surface area contributed by atoms with Crippen LogP contribution in [0.15, 0.2) is 18.2 Å². The van der Waals surface area contributed by atoms with E-state index in [1.165, 1.54) is 18.2 Å². The van der Waals surface area contributed by atoms with E-state index in [1.54, 1.807) is 0 Å². The van der Waals surface area contributed by atoms with Crippen molar-refractivity contribution in [1.29, 1.82) is 0 Å². The number of ether oxygens (including phenoxy) is 2. The Hall–Kier alpha value is -0.321. The Bertz CT molecular complexity index is 633. The first kappa shape index (κ1) is 21.4. The van der Waals surface area contributed by atoms with E-state index in [1.807, 2.05) is 0 Å². The van der Waals surface area contributed by atoms with Crippen LogP contribution in [0.1, 0.15) is 11.9 Å². The Morgan fingerprint density at radius 3 is 2.67 bits per heavy atom. The van der Waals surface area contributed by atoms with Crippen LogP contribution in [0.2, 0.25) is 20.5 Å². The molecule has 0 aliphatic carbocycles. The molecule has 0 bridgehead atoms. The molecule has 1 aromatic rings. The van der Waals surface area contributed by atoms with Crippen molar-refractivity contribution >= 4 is 25.5 Å². The minimum absolute atomic E-state index is 0.000711. The molecule has 152 valence electrons. The van der Waals surface area contributed by atoms with Crippen LogP contribution in [-0.2, 0) is 9.47 Å². The molecule has 2 saturated heterocycles. The van der Waals surface area contributed by atoms with Gasteiger partial charge in [-0.1, -0.05) is 0 Å². The zero-order valence-electron chi connectivity index (χ0n) is 14.3. The first-order chi connectivity index (χ1) is 12.8. The van der Waals surface area contributed by atoms with Crippen LogP contribution in [-0.4, -0.2) is 83.2 Å². The van der Waals surface area contributed by atoms with E-state index >= 15 is 0 Å². The zero-order chi connectivity index (χ0) is 19.7. The maximum absolute atomic E-state index is 14.1. The van der Waals surface area contributed by atoms with Crippen LogP contribution in [0.25, 0.3) is 0 Å². The number of rotatable bonds is 5. The van der Waals surface area contributed by atoms with Gasteiger partial charge >= 0.3 is 165 Å². The first-order valence-electron chi connectivity index (χ1n) is 8.53. The second-order valence-corrected chi connectivity index (χ2v) is 12.0. The van der Waals surface area contributed by atoms with Gasteiger partial charge in [0.2, 0.25) is 0 Å². The second kappa shape index (κ2) is 9.00. The van der Waals surface area contributed by atoms with Crippen LogP contribution >= 0.6 is 11.6 Å².